The van der Waals surface area contributed by atoms with Gasteiger partial charge < -0.3 is 25.0 Å². The number of fused-ring (bicyclic) bond motifs is 1. The van der Waals surface area contributed by atoms with Crippen LogP contribution in [0, 0.1) is 0 Å². The molecule has 0 saturated heterocycles. The number of rotatable bonds is 10. The fourth-order valence-corrected chi connectivity index (χ4v) is 3.84. The van der Waals surface area contributed by atoms with Crippen LogP contribution in [-0.2, 0) is 6.42 Å². The lowest BCUT2D eigenvalue weighted by molar-refractivity contribution is 0.0946. The summed E-state index contributed by atoms with van der Waals surface area (Å²) in [5.41, 5.74) is 2.81. The van der Waals surface area contributed by atoms with Gasteiger partial charge in [-0.1, -0.05) is 13.0 Å². The molecule has 0 radical (unpaired) electrons. The fourth-order valence-electron chi connectivity index (χ4n) is 3.84. The van der Waals surface area contributed by atoms with Gasteiger partial charge >= 0.3 is 0 Å². The molecule has 0 aliphatic carbocycles. The molecule has 3 aromatic heterocycles. The van der Waals surface area contributed by atoms with E-state index in [9.17, 15) is 4.79 Å². The predicted octanol–water partition coefficient (Wildman–Crippen LogP) is 3.43. The highest BCUT2D eigenvalue weighted by molar-refractivity contribution is 5.92. The summed E-state index contributed by atoms with van der Waals surface area (Å²) in [6, 6.07) is 11.1. The van der Waals surface area contributed by atoms with Gasteiger partial charge in [0, 0.05) is 42.6 Å². The largest absolute Gasteiger partial charge is 0.493 e. The van der Waals surface area contributed by atoms with Gasteiger partial charge in [0.2, 0.25) is 5.95 Å². The number of anilines is 2. The molecule has 4 aromatic rings. The van der Waals surface area contributed by atoms with Crippen LogP contribution in [0.25, 0.3) is 16.9 Å². The van der Waals surface area contributed by atoms with Crippen molar-refractivity contribution in [3.63, 3.8) is 0 Å². The number of carbonyl (C=O) groups is 1. The maximum atomic E-state index is 12.6. The topological polar surface area (TPSA) is 106 Å². The molecule has 2 N–H and O–H groups in total. The predicted molar refractivity (Wildman–Crippen MR) is 140 cm³/mol. The second kappa shape index (κ2) is 11.0. The number of aryl methyl sites for hydroxylation is 1. The summed E-state index contributed by atoms with van der Waals surface area (Å²) < 4.78 is 12.9. The molecule has 10 heteroatoms. The number of hydrogen-bond donors (Lipinski definition) is 2. The molecule has 0 saturated carbocycles. The average Bonchev–Trinajstić information content (AvgIpc) is 3.31. The number of pyridine rings is 1. The van der Waals surface area contributed by atoms with Crippen LogP contribution in [0.3, 0.4) is 0 Å². The Bertz CT molecular complexity index is 1340. The van der Waals surface area contributed by atoms with Crippen molar-refractivity contribution < 1.29 is 14.3 Å². The van der Waals surface area contributed by atoms with E-state index in [4.69, 9.17) is 14.5 Å². The van der Waals surface area contributed by atoms with E-state index in [0.717, 1.165) is 29.6 Å². The monoisotopic (exact) mass is 489 g/mol. The van der Waals surface area contributed by atoms with Crippen molar-refractivity contribution in [2.75, 3.05) is 46.7 Å². The van der Waals surface area contributed by atoms with Crippen molar-refractivity contribution in [1.29, 1.82) is 0 Å². The standard InChI is InChI=1S/C26H31N7O3/c1-6-17-14-19(15-21(35-4)23(17)36-5)29-26-28-16-18-10-12-33(24(18)31-26)22-9-7-8-20(30-22)25(34)27-11-13-32(2)3/h7-10,12,14-16H,6,11,13H2,1-5H3,(H,27,34)(H,28,29,31). The molecule has 1 aromatic carbocycles. The molecule has 0 aliphatic heterocycles. The van der Waals surface area contributed by atoms with Crippen molar-refractivity contribution in [3.05, 3.63) is 60.0 Å². The lowest BCUT2D eigenvalue weighted by Gasteiger charge is -2.15. The molecule has 1 amide bonds. The number of methoxy groups -OCH3 is 2. The van der Waals surface area contributed by atoms with Crippen molar-refractivity contribution in [2.45, 2.75) is 13.3 Å². The second-order valence-corrected chi connectivity index (χ2v) is 8.45. The number of benzene rings is 1. The van der Waals surface area contributed by atoms with E-state index in [1.807, 2.05) is 60.1 Å². The lowest BCUT2D eigenvalue weighted by Crippen LogP contribution is -2.31. The first-order chi connectivity index (χ1) is 17.4. The Morgan fingerprint density at radius 2 is 1.94 bits per heavy atom. The Labute approximate surface area is 210 Å². The summed E-state index contributed by atoms with van der Waals surface area (Å²) in [5, 5.41) is 7.02. The molecule has 0 unspecified atom stereocenters. The number of hydrogen-bond acceptors (Lipinski definition) is 8. The number of nitrogens with zero attached hydrogens (tertiary/aromatic N) is 5. The van der Waals surface area contributed by atoms with Crippen LogP contribution in [0.4, 0.5) is 11.6 Å². The van der Waals surface area contributed by atoms with Crippen molar-refractivity contribution >= 4 is 28.6 Å². The van der Waals surface area contributed by atoms with E-state index < -0.39 is 0 Å². The van der Waals surface area contributed by atoms with Gasteiger partial charge in [-0.15, -0.1) is 0 Å². The van der Waals surface area contributed by atoms with Gasteiger partial charge in [0.25, 0.3) is 5.91 Å². The first-order valence-electron chi connectivity index (χ1n) is 11.7. The van der Waals surface area contributed by atoms with Gasteiger partial charge in [0.15, 0.2) is 17.1 Å². The minimum atomic E-state index is -0.215. The van der Waals surface area contributed by atoms with E-state index in [2.05, 4.69) is 27.5 Å². The Kier molecular flexibility index (Phi) is 7.65. The molecular weight excluding hydrogens is 458 g/mol. The summed E-state index contributed by atoms with van der Waals surface area (Å²) in [4.78, 5) is 28.3. The Hall–Kier alpha value is -4.18. The van der Waals surface area contributed by atoms with Crippen LogP contribution in [0.1, 0.15) is 23.0 Å². The molecule has 0 spiro atoms. The van der Waals surface area contributed by atoms with E-state index in [1.54, 1.807) is 26.5 Å². The zero-order chi connectivity index (χ0) is 25.7. The number of amides is 1. The third kappa shape index (κ3) is 5.38. The molecule has 4 rings (SSSR count). The van der Waals surface area contributed by atoms with Crippen molar-refractivity contribution in [3.8, 4) is 17.3 Å². The summed E-state index contributed by atoms with van der Waals surface area (Å²) >= 11 is 0. The molecule has 3 heterocycles. The first kappa shape index (κ1) is 24.9. The number of carbonyl (C=O) groups excluding carboxylic acids is 1. The van der Waals surface area contributed by atoms with E-state index >= 15 is 0 Å². The summed E-state index contributed by atoms with van der Waals surface area (Å²) in [5.74, 6) is 2.15. The Morgan fingerprint density at radius 1 is 1.11 bits per heavy atom. The molecule has 0 aliphatic rings. The average molecular weight is 490 g/mol. The van der Waals surface area contributed by atoms with Gasteiger partial charge in [-0.05, 0) is 50.3 Å². The van der Waals surface area contributed by atoms with Crippen LogP contribution in [0.5, 0.6) is 11.5 Å². The van der Waals surface area contributed by atoms with Gasteiger partial charge in [-0.25, -0.2) is 9.97 Å². The van der Waals surface area contributed by atoms with Crippen molar-refractivity contribution in [1.82, 2.24) is 29.7 Å². The first-order valence-corrected chi connectivity index (χ1v) is 11.7. The highest BCUT2D eigenvalue weighted by atomic mass is 16.5. The fraction of sp³-hybridized carbons (Fsp3) is 0.308. The second-order valence-electron chi connectivity index (χ2n) is 8.45. The van der Waals surface area contributed by atoms with Crippen LogP contribution in [0.2, 0.25) is 0 Å². The summed E-state index contributed by atoms with van der Waals surface area (Å²) in [7, 11) is 7.16. The number of ether oxygens (including phenoxy) is 2. The molecule has 0 bridgehead atoms. The SMILES string of the molecule is CCc1cc(Nc2ncc3ccn(-c4cccc(C(=O)NCCN(C)C)n4)c3n2)cc(OC)c1OC. The van der Waals surface area contributed by atoms with Crippen LogP contribution in [-0.4, -0.2) is 71.7 Å². The third-order valence-corrected chi connectivity index (χ3v) is 5.68. The van der Waals surface area contributed by atoms with Gasteiger partial charge in [-0.2, -0.15) is 4.98 Å². The minimum absolute atomic E-state index is 0.215. The zero-order valence-electron chi connectivity index (χ0n) is 21.2. The number of likely N-dealkylation sites (N-methyl/N-ethyl adjacent to an activating group) is 1. The maximum absolute atomic E-state index is 12.6. The highest BCUT2D eigenvalue weighted by Crippen LogP contribution is 2.35. The van der Waals surface area contributed by atoms with E-state index in [-0.39, 0.29) is 5.91 Å². The molecule has 36 heavy (non-hydrogen) atoms. The highest BCUT2D eigenvalue weighted by Gasteiger charge is 2.14. The quantitative estimate of drug-likeness (QED) is 0.349. The van der Waals surface area contributed by atoms with E-state index in [0.29, 0.717) is 41.2 Å². The van der Waals surface area contributed by atoms with Gasteiger partial charge in [0.1, 0.15) is 11.5 Å². The van der Waals surface area contributed by atoms with Gasteiger partial charge in [0.05, 0.1) is 14.2 Å². The molecule has 0 atom stereocenters. The molecule has 188 valence electrons. The molecular formula is C26H31N7O3. The summed E-state index contributed by atoms with van der Waals surface area (Å²) in [6.07, 6.45) is 4.40. The number of aromatic nitrogens is 4. The zero-order valence-corrected chi connectivity index (χ0v) is 21.2. The minimum Gasteiger partial charge on any atom is -0.493 e. The van der Waals surface area contributed by atoms with Crippen LogP contribution >= 0.6 is 0 Å². The van der Waals surface area contributed by atoms with Crippen molar-refractivity contribution in [2.24, 2.45) is 0 Å². The normalized spacial score (nSPS) is 11.1. The van der Waals surface area contributed by atoms with Crippen LogP contribution in [0.15, 0.2) is 48.8 Å². The van der Waals surface area contributed by atoms with Gasteiger partial charge in [-0.3, -0.25) is 9.36 Å². The maximum Gasteiger partial charge on any atom is 0.270 e. The smallest absolute Gasteiger partial charge is 0.270 e. The lowest BCUT2D eigenvalue weighted by atomic mass is 10.1. The number of nitrogens with one attached hydrogen (secondary N) is 2. The Balaban J connectivity index is 1.62. The third-order valence-electron chi connectivity index (χ3n) is 5.68. The molecule has 10 nitrogen and oxygen atoms in total. The van der Waals surface area contributed by atoms with E-state index in [1.165, 1.54) is 0 Å². The molecule has 0 fully saturated rings. The Morgan fingerprint density at radius 3 is 2.67 bits per heavy atom. The summed E-state index contributed by atoms with van der Waals surface area (Å²) in [6.45, 7) is 3.35. The van der Waals surface area contributed by atoms with Crippen LogP contribution < -0.4 is 20.1 Å².